The van der Waals surface area contributed by atoms with Gasteiger partial charge in [0.15, 0.2) is 0 Å². The summed E-state index contributed by atoms with van der Waals surface area (Å²) in [6.45, 7) is 8.90. The molecule has 198 valence electrons. The first-order chi connectivity index (χ1) is 18.2. The Morgan fingerprint density at radius 2 is 1.76 bits per heavy atom. The van der Waals surface area contributed by atoms with Crippen LogP contribution in [0.15, 0.2) is 72.6 Å². The number of hydrogen-bond donors (Lipinski definition) is 1. The number of methoxy groups -OCH3 is 1. The predicted octanol–water partition coefficient (Wildman–Crippen LogP) is 5.87. The lowest BCUT2D eigenvalue weighted by Crippen LogP contribution is -2.29. The average Bonchev–Trinajstić information content (AvgIpc) is 3.16. The van der Waals surface area contributed by atoms with Gasteiger partial charge in [0.25, 0.3) is 11.7 Å². The number of rotatable bonds is 9. The quantitative estimate of drug-likeness (QED) is 0.218. The first-order valence-corrected chi connectivity index (χ1v) is 12.8. The summed E-state index contributed by atoms with van der Waals surface area (Å²) in [6.07, 6.45) is 3.29. The Morgan fingerprint density at radius 1 is 1.03 bits per heavy atom. The van der Waals surface area contributed by atoms with Gasteiger partial charge in [0.2, 0.25) is 0 Å². The molecule has 0 radical (unpaired) electrons. The normalized spacial score (nSPS) is 16.9. The fraction of sp³-hybridized carbons (Fsp3) is 0.323. The number of ether oxygens (including phenoxy) is 2. The summed E-state index contributed by atoms with van der Waals surface area (Å²) in [7, 11) is 1.60. The zero-order valence-electron chi connectivity index (χ0n) is 22.5. The van der Waals surface area contributed by atoms with E-state index in [2.05, 4.69) is 18.8 Å². The number of amides is 1. The maximum atomic E-state index is 13.5. The summed E-state index contributed by atoms with van der Waals surface area (Å²) >= 11 is 0. The van der Waals surface area contributed by atoms with Crippen molar-refractivity contribution in [3.63, 3.8) is 0 Å². The van der Waals surface area contributed by atoms with Crippen LogP contribution >= 0.6 is 0 Å². The molecule has 1 unspecified atom stereocenters. The lowest BCUT2D eigenvalue weighted by atomic mass is 9.93. The van der Waals surface area contributed by atoms with Crippen LogP contribution in [0.4, 0.5) is 0 Å². The molecule has 1 N–H and O–H groups in total. The first kappa shape index (κ1) is 26.9. The highest BCUT2D eigenvalue weighted by Crippen LogP contribution is 2.42. The molecule has 1 aliphatic rings. The lowest BCUT2D eigenvalue weighted by molar-refractivity contribution is -0.140. The van der Waals surface area contributed by atoms with E-state index in [1.807, 2.05) is 44.2 Å². The van der Waals surface area contributed by atoms with E-state index in [-0.39, 0.29) is 23.8 Å². The van der Waals surface area contributed by atoms with Gasteiger partial charge in [-0.05, 0) is 71.0 Å². The van der Waals surface area contributed by atoms with Gasteiger partial charge >= 0.3 is 0 Å². The molecule has 3 aromatic rings. The number of carbonyl (C=O) groups is 2. The minimum atomic E-state index is -0.796. The fourth-order valence-corrected chi connectivity index (χ4v) is 4.60. The summed E-state index contributed by atoms with van der Waals surface area (Å²) < 4.78 is 11.4. The first-order valence-electron chi connectivity index (χ1n) is 12.8. The van der Waals surface area contributed by atoms with Crippen LogP contribution in [-0.4, -0.2) is 40.4 Å². The second kappa shape index (κ2) is 11.5. The molecule has 7 nitrogen and oxygen atoms in total. The van der Waals surface area contributed by atoms with Gasteiger partial charge in [-0.2, -0.15) is 0 Å². The highest BCUT2D eigenvalue weighted by molar-refractivity contribution is 6.46. The number of Topliss-reactive ketones (excluding diaryl/α,β-unsaturated/α-hetero) is 1. The average molecular weight is 515 g/mol. The molecule has 1 fully saturated rings. The molecule has 0 bridgehead atoms. The SMILES string of the molecule is COc1ccc(/C(O)=C2\C(=O)C(=O)N(Cc3ccncc3)C2c2cccc(OCC(C)C)c2)cc1C(C)C. The van der Waals surface area contributed by atoms with Gasteiger partial charge in [-0.15, -0.1) is 0 Å². The van der Waals surface area contributed by atoms with Crippen LogP contribution in [0.3, 0.4) is 0 Å². The third kappa shape index (κ3) is 5.57. The molecule has 38 heavy (non-hydrogen) atoms. The van der Waals surface area contributed by atoms with Gasteiger partial charge in [0.05, 0.1) is 25.3 Å². The highest BCUT2D eigenvalue weighted by atomic mass is 16.5. The van der Waals surface area contributed by atoms with Crippen molar-refractivity contribution in [2.24, 2.45) is 5.92 Å². The molecule has 7 heteroatoms. The number of hydrogen-bond acceptors (Lipinski definition) is 6. The Bertz CT molecular complexity index is 1350. The van der Waals surface area contributed by atoms with E-state index >= 15 is 0 Å². The Hall–Kier alpha value is -4.13. The van der Waals surface area contributed by atoms with Gasteiger partial charge in [0, 0.05) is 24.5 Å². The van der Waals surface area contributed by atoms with E-state index in [4.69, 9.17) is 9.47 Å². The minimum absolute atomic E-state index is 0.0462. The Balaban J connectivity index is 1.86. The summed E-state index contributed by atoms with van der Waals surface area (Å²) in [6, 6.07) is 15.5. The molecule has 1 amide bonds. The molecular formula is C31H34N2O5. The molecule has 0 aliphatic carbocycles. The Kier molecular flexibility index (Phi) is 8.15. The van der Waals surface area contributed by atoms with Gasteiger partial charge in [-0.1, -0.05) is 39.8 Å². The topological polar surface area (TPSA) is 89.0 Å². The number of pyridine rings is 1. The van der Waals surface area contributed by atoms with E-state index in [9.17, 15) is 14.7 Å². The number of aromatic nitrogens is 1. The van der Waals surface area contributed by atoms with Gasteiger partial charge in [0.1, 0.15) is 17.3 Å². The fourth-order valence-electron chi connectivity index (χ4n) is 4.60. The van der Waals surface area contributed by atoms with Crippen molar-refractivity contribution >= 4 is 17.4 Å². The summed E-state index contributed by atoms with van der Waals surface area (Å²) in [4.78, 5) is 32.4. The number of nitrogens with zero attached hydrogens (tertiary/aromatic N) is 2. The predicted molar refractivity (Wildman–Crippen MR) is 146 cm³/mol. The standard InChI is InChI=1S/C31H34N2O5/c1-19(2)18-38-24-8-6-7-22(15-24)28-27(29(34)23-9-10-26(37-5)25(16-23)20(3)4)30(35)31(36)33(28)17-21-11-13-32-14-12-21/h6-16,19-20,28,34H,17-18H2,1-5H3/b29-27+. The molecule has 1 saturated heterocycles. The highest BCUT2D eigenvalue weighted by Gasteiger charge is 2.46. The van der Waals surface area contributed by atoms with E-state index in [0.717, 1.165) is 11.1 Å². The van der Waals surface area contributed by atoms with Crippen molar-refractivity contribution in [2.45, 2.75) is 46.2 Å². The number of aliphatic hydroxyl groups is 1. The molecule has 0 saturated carbocycles. The van der Waals surface area contributed by atoms with Crippen LogP contribution in [0.1, 0.15) is 61.9 Å². The second-order valence-electron chi connectivity index (χ2n) is 10.2. The number of carbonyl (C=O) groups excluding carboxylic acids is 2. The van der Waals surface area contributed by atoms with E-state index in [1.165, 1.54) is 4.90 Å². The maximum Gasteiger partial charge on any atom is 0.295 e. The van der Waals surface area contributed by atoms with Crippen LogP contribution in [0.2, 0.25) is 0 Å². The van der Waals surface area contributed by atoms with E-state index in [1.54, 1.807) is 43.8 Å². The number of likely N-dealkylation sites (tertiary alicyclic amines) is 1. The van der Waals surface area contributed by atoms with Crippen LogP contribution in [0, 0.1) is 5.92 Å². The van der Waals surface area contributed by atoms with Crippen LogP contribution in [0.25, 0.3) is 5.76 Å². The van der Waals surface area contributed by atoms with Crippen molar-refractivity contribution in [2.75, 3.05) is 13.7 Å². The van der Waals surface area contributed by atoms with Crippen molar-refractivity contribution < 1.29 is 24.2 Å². The molecule has 2 heterocycles. The summed E-state index contributed by atoms with van der Waals surface area (Å²) in [5.41, 5.74) is 2.89. The van der Waals surface area contributed by atoms with Gasteiger partial charge < -0.3 is 19.5 Å². The zero-order valence-corrected chi connectivity index (χ0v) is 22.5. The molecule has 1 aliphatic heterocycles. The zero-order chi connectivity index (χ0) is 27.4. The molecule has 1 aromatic heterocycles. The smallest absolute Gasteiger partial charge is 0.295 e. The van der Waals surface area contributed by atoms with E-state index in [0.29, 0.717) is 35.2 Å². The Morgan fingerprint density at radius 3 is 2.42 bits per heavy atom. The molecule has 4 rings (SSSR count). The van der Waals surface area contributed by atoms with Crippen molar-refractivity contribution in [1.82, 2.24) is 9.88 Å². The maximum absolute atomic E-state index is 13.5. The van der Waals surface area contributed by atoms with Crippen molar-refractivity contribution in [3.05, 3.63) is 94.8 Å². The number of benzene rings is 2. The van der Waals surface area contributed by atoms with Crippen LogP contribution in [-0.2, 0) is 16.1 Å². The molecule has 2 aromatic carbocycles. The number of ketones is 1. The second-order valence-corrected chi connectivity index (χ2v) is 10.2. The summed E-state index contributed by atoms with van der Waals surface area (Å²) in [5, 5.41) is 11.5. The third-order valence-corrected chi connectivity index (χ3v) is 6.52. The minimum Gasteiger partial charge on any atom is -0.507 e. The van der Waals surface area contributed by atoms with Crippen molar-refractivity contribution in [3.8, 4) is 11.5 Å². The molecular weight excluding hydrogens is 480 g/mol. The Labute approximate surface area is 223 Å². The van der Waals surface area contributed by atoms with Crippen LogP contribution in [0.5, 0.6) is 11.5 Å². The van der Waals surface area contributed by atoms with Gasteiger partial charge in [-0.3, -0.25) is 14.6 Å². The lowest BCUT2D eigenvalue weighted by Gasteiger charge is -2.26. The van der Waals surface area contributed by atoms with Crippen LogP contribution < -0.4 is 9.47 Å². The monoisotopic (exact) mass is 514 g/mol. The summed E-state index contributed by atoms with van der Waals surface area (Å²) in [5.74, 6) is 0.178. The molecule has 1 atom stereocenters. The third-order valence-electron chi connectivity index (χ3n) is 6.52. The molecule has 0 spiro atoms. The number of aliphatic hydroxyl groups excluding tert-OH is 1. The van der Waals surface area contributed by atoms with Gasteiger partial charge in [-0.25, -0.2) is 0 Å². The largest absolute Gasteiger partial charge is 0.507 e. The van der Waals surface area contributed by atoms with Crippen molar-refractivity contribution in [1.29, 1.82) is 0 Å². The van der Waals surface area contributed by atoms with E-state index < -0.39 is 17.7 Å².